The molecule has 3 aromatic carbocycles. The first-order valence-electron chi connectivity index (χ1n) is 8.92. The van der Waals surface area contributed by atoms with Crippen molar-refractivity contribution in [2.24, 2.45) is 0 Å². The van der Waals surface area contributed by atoms with Crippen molar-refractivity contribution < 1.29 is 14.3 Å². The number of rotatable bonds is 5. The maximum absolute atomic E-state index is 12.4. The fourth-order valence-corrected chi connectivity index (χ4v) is 3.68. The van der Waals surface area contributed by atoms with Crippen molar-refractivity contribution in [3.05, 3.63) is 86.8 Å². The summed E-state index contributed by atoms with van der Waals surface area (Å²) < 4.78 is 12.3. The van der Waals surface area contributed by atoms with E-state index in [1.54, 1.807) is 7.11 Å². The first kappa shape index (κ1) is 19.6. The van der Waals surface area contributed by atoms with E-state index in [1.807, 2.05) is 66.7 Å². The van der Waals surface area contributed by atoms with Gasteiger partial charge in [-0.05, 0) is 47.5 Å². The van der Waals surface area contributed by atoms with Gasteiger partial charge in [0.15, 0.2) is 11.5 Å². The average Bonchev–Trinajstić information content (AvgIpc) is 3.04. The van der Waals surface area contributed by atoms with Crippen molar-refractivity contribution >= 4 is 50.8 Å². The molecule has 0 bridgehead atoms. The van der Waals surface area contributed by atoms with Gasteiger partial charge in [0.2, 0.25) is 0 Å². The van der Waals surface area contributed by atoms with Crippen LogP contribution in [-0.4, -0.2) is 13.0 Å². The number of anilines is 1. The number of hydrogen-bond donors (Lipinski definition) is 1. The molecular formula is C23H17BrClNO3. The summed E-state index contributed by atoms with van der Waals surface area (Å²) in [5.41, 5.74) is 4.12. The van der Waals surface area contributed by atoms with Crippen molar-refractivity contribution in [2.45, 2.75) is 6.61 Å². The van der Waals surface area contributed by atoms with E-state index in [2.05, 4.69) is 21.2 Å². The molecule has 0 atom stereocenters. The summed E-state index contributed by atoms with van der Waals surface area (Å²) in [4.78, 5) is 12.4. The Kier molecular flexibility index (Phi) is 5.60. The predicted octanol–water partition coefficient (Wildman–Crippen LogP) is 6.18. The molecular weight excluding hydrogens is 454 g/mol. The Morgan fingerprint density at radius 1 is 1.07 bits per heavy atom. The van der Waals surface area contributed by atoms with Gasteiger partial charge >= 0.3 is 0 Å². The Bertz CT molecular complexity index is 1110. The third-order valence-electron chi connectivity index (χ3n) is 4.60. The van der Waals surface area contributed by atoms with Crippen LogP contribution in [0.25, 0.3) is 11.6 Å². The molecule has 146 valence electrons. The zero-order chi connectivity index (χ0) is 20.4. The maximum Gasteiger partial charge on any atom is 0.256 e. The molecule has 0 spiro atoms. The van der Waals surface area contributed by atoms with Gasteiger partial charge in [0, 0.05) is 26.3 Å². The molecule has 29 heavy (non-hydrogen) atoms. The number of carbonyl (C=O) groups is 1. The van der Waals surface area contributed by atoms with Crippen LogP contribution in [0.5, 0.6) is 11.5 Å². The highest BCUT2D eigenvalue weighted by Crippen LogP contribution is 2.38. The number of amides is 1. The number of halogens is 2. The van der Waals surface area contributed by atoms with Crippen LogP contribution in [0.3, 0.4) is 0 Å². The van der Waals surface area contributed by atoms with Crippen LogP contribution < -0.4 is 14.8 Å². The minimum atomic E-state index is -0.125. The molecule has 0 saturated heterocycles. The van der Waals surface area contributed by atoms with Crippen molar-refractivity contribution in [3.8, 4) is 11.5 Å². The highest BCUT2D eigenvalue weighted by molar-refractivity contribution is 9.10. The highest BCUT2D eigenvalue weighted by Gasteiger charge is 2.24. The van der Waals surface area contributed by atoms with Gasteiger partial charge < -0.3 is 14.8 Å². The number of carbonyl (C=O) groups excluding carboxylic acids is 1. The highest BCUT2D eigenvalue weighted by atomic mass is 79.9. The van der Waals surface area contributed by atoms with Gasteiger partial charge in [0.05, 0.1) is 7.11 Å². The van der Waals surface area contributed by atoms with E-state index in [9.17, 15) is 4.79 Å². The molecule has 1 amide bonds. The number of fused-ring (bicyclic) bond motifs is 1. The first-order valence-corrected chi connectivity index (χ1v) is 10.1. The van der Waals surface area contributed by atoms with E-state index in [0.717, 1.165) is 26.9 Å². The van der Waals surface area contributed by atoms with Gasteiger partial charge in [-0.3, -0.25) is 4.79 Å². The Labute approximate surface area is 182 Å². The quantitative estimate of drug-likeness (QED) is 0.453. The fraction of sp³-hybridized carbons (Fsp3) is 0.0870. The SMILES string of the molecule is COc1cc(/C=C2/C(=O)Nc3ccccc32)c(Br)cc1OCc1ccc(Cl)cc1. The normalized spacial score (nSPS) is 13.9. The summed E-state index contributed by atoms with van der Waals surface area (Å²) in [5.74, 6) is 1.06. The van der Waals surface area contributed by atoms with Gasteiger partial charge in [-0.15, -0.1) is 0 Å². The fourth-order valence-electron chi connectivity index (χ4n) is 3.11. The van der Waals surface area contributed by atoms with Crippen molar-refractivity contribution in [3.63, 3.8) is 0 Å². The maximum atomic E-state index is 12.4. The second-order valence-electron chi connectivity index (χ2n) is 6.50. The summed E-state index contributed by atoms with van der Waals surface area (Å²) in [6, 6.07) is 18.8. The van der Waals surface area contributed by atoms with Crippen LogP contribution in [0.1, 0.15) is 16.7 Å². The van der Waals surface area contributed by atoms with Gasteiger partial charge in [0.25, 0.3) is 5.91 Å². The van der Waals surface area contributed by atoms with Crippen molar-refractivity contribution in [1.29, 1.82) is 0 Å². The third-order valence-corrected chi connectivity index (χ3v) is 5.54. The standard InChI is InChI=1S/C23H17BrClNO3/c1-28-21-11-15(10-18-17-4-2-3-5-20(17)26-23(18)27)19(24)12-22(21)29-13-14-6-8-16(25)9-7-14/h2-12H,13H2,1H3,(H,26,27)/b18-10+. The second-order valence-corrected chi connectivity index (χ2v) is 7.79. The van der Waals surface area contributed by atoms with Crippen LogP contribution in [0.4, 0.5) is 5.69 Å². The molecule has 1 aliphatic heterocycles. The molecule has 1 N–H and O–H groups in total. The largest absolute Gasteiger partial charge is 0.493 e. The van der Waals surface area contributed by atoms with Crippen LogP contribution in [0.15, 0.2) is 65.1 Å². The number of methoxy groups -OCH3 is 1. The van der Waals surface area contributed by atoms with E-state index >= 15 is 0 Å². The molecule has 0 unspecified atom stereocenters. The van der Waals surface area contributed by atoms with Gasteiger partial charge in [0.1, 0.15) is 6.61 Å². The zero-order valence-corrected chi connectivity index (χ0v) is 17.9. The number of nitrogens with one attached hydrogen (secondary N) is 1. The van der Waals surface area contributed by atoms with Crippen LogP contribution in [-0.2, 0) is 11.4 Å². The molecule has 0 aromatic heterocycles. The Morgan fingerprint density at radius 2 is 1.83 bits per heavy atom. The Balaban J connectivity index is 1.63. The van der Waals surface area contributed by atoms with E-state index in [4.69, 9.17) is 21.1 Å². The summed E-state index contributed by atoms with van der Waals surface area (Å²) in [5, 5.41) is 3.57. The molecule has 1 aliphatic rings. The minimum Gasteiger partial charge on any atom is -0.493 e. The molecule has 0 radical (unpaired) electrons. The third kappa shape index (κ3) is 4.16. The summed E-state index contributed by atoms with van der Waals surface area (Å²) in [6.45, 7) is 0.385. The molecule has 3 aromatic rings. The number of ether oxygens (including phenoxy) is 2. The van der Waals surface area contributed by atoms with Crippen LogP contribution in [0.2, 0.25) is 5.02 Å². The molecule has 0 saturated carbocycles. The lowest BCUT2D eigenvalue weighted by atomic mass is 10.0. The lowest BCUT2D eigenvalue weighted by molar-refractivity contribution is -0.110. The van der Waals surface area contributed by atoms with Crippen molar-refractivity contribution in [1.82, 2.24) is 0 Å². The molecule has 6 heteroatoms. The lowest BCUT2D eigenvalue weighted by Crippen LogP contribution is -2.03. The predicted molar refractivity (Wildman–Crippen MR) is 119 cm³/mol. The molecule has 0 fully saturated rings. The average molecular weight is 471 g/mol. The van der Waals surface area contributed by atoms with Crippen LogP contribution in [0, 0.1) is 0 Å². The smallest absolute Gasteiger partial charge is 0.256 e. The summed E-state index contributed by atoms with van der Waals surface area (Å²) in [7, 11) is 1.59. The first-order chi connectivity index (χ1) is 14.0. The Hall–Kier alpha value is -2.76. The number of para-hydroxylation sites is 1. The molecule has 4 nitrogen and oxygen atoms in total. The topological polar surface area (TPSA) is 47.6 Å². The minimum absolute atomic E-state index is 0.125. The zero-order valence-electron chi connectivity index (χ0n) is 15.5. The lowest BCUT2D eigenvalue weighted by Gasteiger charge is -2.13. The number of hydrogen-bond acceptors (Lipinski definition) is 3. The molecule has 4 rings (SSSR count). The van der Waals surface area contributed by atoms with Crippen molar-refractivity contribution in [2.75, 3.05) is 12.4 Å². The summed E-state index contributed by atoms with van der Waals surface area (Å²) >= 11 is 9.51. The van der Waals surface area contributed by atoms with E-state index in [1.165, 1.54) is 0 Å². The molecule has 1 heterocycles. The van der Waals surface area contributed by atoms with E-state index in [0.29, 0.717) is 28.7 Å². The van der Waals surface area contributed by atoms with Gasteiger partial charge in [-0.2, -0.15) is 0 Å². The molecule has 0 aliphatic carbocycles. The van der Waals surface area contributed by atoms with Gasteiger partial charge in [-0.25, -0.2) is 0 Å². The van der Waals surface area contributed by atoms with E-state index in [-0.39, 0.29) is 5.91 Å². The second kappa shape index (κ2) is 8.31. The summed E-state index contributed by atoms with van der Waals surface area (Å²) in [6.07, 6.45) is 1.84. The van der Waals surface area contributed by atoms with Crippen LogP contribution >= 0.6 is 27.5 Å². The monoisotopic (exact) mass is 469 g/mol. The Morgan fingerprint density at radius 3 is 2.59 bits per heavy atom. The van der Waals surface area contributed by atoms with Gasteiger partial charge in [-0.1, -0.05) is 57.9 Å². The number of benzene rings is 3. The van der Waals surface area contributed by atoms with E-state index < -0.39 is 0 Å².